The van der Waals surface area contributed by atoms with Crippen LogP contribution in [0, 0.1) is 6.92 Å². The maximum atomic E-state index is 6.24. The van der Waals surface area contributed by atoms with Gasteiger partial charge in [-0.3, -0.25) is 0 Å². The number of halogens is 1. The van der Waals surface area contributed by atoms with E-state index in [1.54, 1.807) is 0 Å². The monoisotopic (exact) mass is 266 g/mol. The van der Waals surface area contributed by atoms with Crippen molar-refractivity contribution in [3.63, 3.8) is 0 Å². The first-order valence-electron chi connectivity index (χ1n) is 6.67. The minimum absolute atomic E-state index is 0.437. The van der Waals surface area contributed by atoms with Gasteiger partial charge in [0.1, 0.15) is 5.75 Å². The van der Waals surface area contributed by atoms with Crippen LogP contribution >= 0.6 is 11.6 Å². The lowest BCUT2D eigenvalue weighted by molar-refractivity contribution is 0.311. The van der Waals surface area contributed by atoms with Gasteiger partial charge in [-0.25, -0.2) is 0 Å². The van der Waals surface area contributed by atoms with Crippen molar-refractivity contribution < 1.29 is 4.74 Å². The fraction of sp³-hybridized carbons (Fsp3) is 0.500. The number of allylic oxidation sites excluding steroid dienone is 1. The fourth-order valence-corrected chi connectivity index (χ4v) is 2.21. The summed E-state index contributed by atoms with van der Waals surface area (Å²) in [5, 5.41) is 0.816. The van der Waals surface area contributed by atoms with E-state index in [1.807, 2.05) is 13.0 Å². The summed E-state index contributed by atoms with van der Waals surface area (Å²) >= 11 is 6.24. The molecule has 18 heavy (non-hydrogen) atoms. The van der Waals surface area contributed by atoms with Gasteiger partial charge in [0.15, 0.2) is 0 Å². The Labute approximate surface area is 116 Å². The van der Waals surface area contributed by atoms with Crippen LogP contribution < -0.4 is 4.74 Å². The molecule has 1 aromatic carbocycles. The molecule has 0 aromatic heterocycles. The third-order valence-corrected chi connectivity index (χ3v) is 3.54. The Bertz CT molecular complexity index is 398. The summed E-state index contributed by atoms with van der Waals surface area (Å²) in [5.41, 5.74) is 2.28. The van der Waals surface area contributed by atoms with Crippen LogP contribution in [0.25, 0.3) is 0 Å². The Balaban J connectivity index is 3.11. The van der Waals surface area contributed by atoms with Gasteiger partial charge in [-0.05, 0) is 55.4 Å². The molecule has 0 saturated carbocycles. The summed E-state index contributed by atoms with van der Waals surface area (Å²) in [6.45, 7) is 10.9. The summed E-state index contributed by atoms with van der Waals surface area (Å²) in [6, 6.07) is 4.11. The molecule has 0 N–H and O–H groups in total. The second-order valence-electron chi connectivity index (χ2n) is 4.62. The number of hydrogen-bond acceptors (Lipinski definition) is 1. The highest BCUT2D eigenvalue weighted by Crippen LogP contribution is 2.35. The minimum atomic E-state index is 0.437. The molecule has 1 rings (SSSR count). The van der Waals surface area contributed by atoms with Crippen molar-refractivity contribution in [2.24, 2.45) is 0 Å². The molecule has 0 saturated heterocycles. The summed E-state index contributed by atoms with van der Waals surface area (Å²) in [7, 11) is 0. The van der Waals surface area contributed by atoms with Gasteiger partial charge >= 0.3 is 0 Å². The molecule has 1 aromatic rings. The Morgan fingerprint density at radius 1 is 1.39 bits per heavy atom. The Hall–Kier alpha value is -0.950. The molecule has 0 aliphatic rings. The lowest BCUT2D eigenvalue weighted by Gasteiger charge is -2.19. The average molecular weight is 267 g/mol. The highest BCUT2D eigenvalue weighted by Gasteiger charge is 2.15. The summed E-state index contributed by atoms with van der Waals surface area (Å²) < 4.78 is 5.86. The molecule has 0 amide bonds. The predicted molar refractivity (Wildman–Crippen MR) is 79.8 cm³/mol. The molecule has 1 atom stereocenters. The largest absolute Gasteiger partial charge is 0.493 e. The normalized spacial score (nSPS) is 12.2. The van der Waals surface area contributed by atoms with E-state index in [-0.39, 0.29) is 0 Å². The zero-order valence-electron chi connectivity index (χ0n) is 11.6. The van der Waals surface area contributed by atoms with Gasteiger partial charge < -0.3 is 4.74 Å². The van der Waals surface area contributed by atoms with Gasteiger partial charge in [-0.2, -0.15) is 0 Å². The Morgan fingerprint density at radius 2 is 2.11 bits per heavy atom. The van der Waals surface area contributed by atoms with Crippen LogP contribution in [-0.2, 0) is 0 Å². The van der Waals surface area contributed by atoms with Crippen LogP contribution in [0.2, 0.25) is 5.02 Å². The highest BCUT2D eigenvalue weighted by atomic mass is 35.5. The molecule has 1 nitrogen and oxygen atoms in total. The first-order chi connectivity index (χ1) is 8.63. The fourth-order valence-electron chi connectivity index (χ4n) is 2.04. The van der Waals surface area contributed by atoms with Crippen molar-refractivity contribution in [2.75, 3.05) is 6.61 Å². The smallest absolute Gasteiger partial charge is 0.123 e. The topological polar surface area (TPSA) is 9.23 Å². The zero-order valence-corrected chi connectivity index (χ0v) is 12.4. The lowest BCUT2D eigenvalue weighted by Crippen LogP contribution is -2.04. The summed E-state index contributed by atoms with van der Waals surface area (Å²) in [5.74, 6) is 1.42. The van der Waals surface area contributed by atoms with Crippen molar-refractivity contribution in [2.45, 2.75) is 46.0 Å². The second kappa shape index (κ2) is 7.48. The van der Waals surface area contributed by atoms with E-state index >= 15 is 0 Å². The van der Waals surface area contributed by atoms with Crippen molar-refractivity contribution in [1.29, 1.82) is 0 Å². The number of ether oxygens (including phenoxy) is 1. The molecule has 0 heterocycles. The van der Waals surface area contributed by atoms with Crippen LogP contribution in [-0.4, -0.2) is 6.61 Å². The third-order valence-electron chi connectivity index (χ3n) is 3.14. The second-order valence-corrected chi connectivity index (χ2v) is 5.02. The van der Waals surface area contributed by atoms with Crippen LogP contribution in [0.4, 0.5) is 0 Å². The molecular formula is C16H23ClO. The molecule has 0 bridgehead atoms. The Morgan fingerprint density at radius 3 is 2.67 bits per heavy atom. The zero-order chi connectivity index (χ0) is 13.5. The molecule has 1 unspecified atom stereocenters. The summed E-state index contributed by atoms with van der Waals surface area (Å²) in [4.78, 5) is 0. The number of aryl methyl sites for hydroxylation is 1. The number of benzene rings is 1. The van der Waals surface area contributed by atoms with Crippen LogP contribution in [0.3, 0.4) is 0 Å². The SMILES string of the molecule is C=CCC(CC)c1cc(Cl)c(C)cc1OCCC. The number of hydrogen-bond donors (Lipinski definition) is 0. The molecule has 0 fully saturated rings. The van der Waals surface area contributed by atoms with Crippen molar-refractivity contribution in [1.82, 2.24) is 0 Å². The van der Waals surface area contributed by atoms with E-state index < -0.39 is 0 Å². The van der Waals surface area contributed by atoms with E-state index in [4.69, 9.17) is 16.3 Å². The quantitative estimate of drug-likeness (QED) is 0.592. The van der Waals surface area contributed by atoms with Gasteiger partial charge in [-0.1, -0.05) is 31.5 Å². The third kappa shape index (κ3) is 3.78. The molecule has 0 spiro atoms. The molecular weight excluding hydrogens is 244 g/mol. The average Bonchev–Trinajstić information content (AvgIpc) is 2.37. The van der Waals surface area contributed by atoms with Gasteiger partial charge in [0.2, 0.25) is 0 Å². The van der Waals surface area contributed by atoms with Crippen LogP contribution in [0.1, 0.15) is 50.2 Å². The Kier molecular flexibility index (Phi) is 6.28. The maximum absolute atomic E-state index is 6.24. The van der Waals surface area contributed by atoms with E-state index in [0.717, 1.165) is 42.2 Å². The molecule has 0 aliphatic carbocycles. The highest BCUT2D eigenvalue weighted by molar-refractivity contribution is 6.31. The first kappa shape index (κ1) is 15.1. The van der Waals surface area contributed by atoms with Crippen molar-refractivity contribution in [3.05, 3.63) is 40.9 Å². The molecule has 2 heteroatoms. The van der Waals surface area contributed by atoms with E-state index in [9.17, 15) is 0 Å². The predicted octanol–water partition coefficient (Wildman–Crippen LogP) is 5.51. The molecule has 0 aliphatic heterocycles. The van der Waals surface area contributed by atoms with Crippen LogP contribution in [0.15, 0.2) is 24.8 Å². The lowest BCUT2D eigenvalue weighted by atomic mass is 9.91. The van der Waals surface area contributed by atoms with E-state index in [1.165, 1.54) is 5.56 Å². The maximum Gasteiger partial charge on any atom is 0.123 e. The first-order valence-corrected chi connectivity index (χ1v) is 7.05. The van der Waals surface area contributed by atoms with Crippen LogP contribution in [0.5, 0.6) is 5.75 Å². The van der Waals surface area contributed by atoms with E-state index in [2.05, 4.69) is 32.6 Å². The molecule has 0 radical (unpaired) electrons. The van der Waals surface area contributed by atoms with Crippen molar-refractivity contribution in [3.8, 4) is 5.75 Å². The standard InChI is InChI=1S/C16H23ClO/c1-5-8-13(7-3)14-11-15(17)12(4)10-16(14)18-9-6-2/h5,10-11,13H,1,6-9H2,2-4H3. The number of rotatable bonds is 7. The van der Waals surface area contributed by atoms with E-state index in [0.29, 0.717) is 5.92 Å². The van der Waals surface area contributed by atoms with Crippen molar-refractivity contribution >= 4 is 11.6 Å². The van der Waals surface area contributed by atoms with Gasteiger partial charge in [0, 0.05) is 5.02 Å². The summed E-state index contributed by atoms with van der Waals surface area (Å²) in [6.07, 6.45) is 5.00. The minimum Gasteiger partial charge on any atom is -0.493 e. The molecule has 100 valence electrons. The van der Waals surface area contributed by atoms with Gasteiger partial charge in [-0.15, -0.1) is 6.58 Å². The van der Waals surface area contributed by atoms with Gasteiger partial charge in [0.25, 0.3) is 0 Å². The van der Waals surface area contributed by atoms with Gasteiger partial charge in [0.05, 0.1) is 6.61 Å².